The molecule has 2 N–H and O–H groups in total. The second kappa shape index (κ2) is 9.61. The maximum Gasteiger partial charge on any atom is 0.303 e. The van der Waals surface area contributed by atoms with Gasteiger partial charge in [0, 0.05) is 18.5 Å². The molecule has 6 nitrogen and oxygen atoms in total. The minimum Gasteiger partial charge on any atom is -0.481 e. The second-order valence-electron chi connectivity index (χ2n) is 6.00. The summed E-state index contributed by atoms with van der Waals surface area (Å²) in [6.07, 6.45) is 4.65. The lowest BCUT2D eigenvalue weighted by Crippen LogP contribution is -2.25. The van der Waals surface area contributed by atoms with Gasteiger partial charge in [0.25, 0.3) is 5.91 Å². The first-order valence-electron chi connectivity index (χ1n) is 8.61. The van der Waals surface area contributed by atoms with E-state index in [0.717, 1.165) is 31.2 Å². The molecule has 0 aliphatic carbocycles. The first-order valence-corrected chi connectivity index (χ1v) is 8.61. The van der Waals surface area contributed by atoms with Gasteiger partial charge in [-0.2, -0.15) is 0 Å². The largest absolute Gasteiger partial charge is 0.481 e. The van der Waals surface area contributed by atoms with Gasteiger partial charge in [0.05, 0.1) is 0 Å². The molecule has 1 heterocycles. The van der Waals surface area contributed by atoms with Crippen molar-refractivity contribution in [1.29, 1.82) is 0 Å². The van der Waals surface area contributed by atoms with Gasteiger partial charge in [-0.3, -0.25) is 9.59 Å². The van der Waals surface area contributed by atoms with Crippen LogP contribution >= 0.6 is 0 Å². The van der Waals surface area contributed by atoms with Gasteiger partial charge >= 0.3 is 5.97 Å². The van der Waals surface area contributed by atoms with Gasteiger partial charge in [0.1, 0.15) is 17.0 Å². The molecular formula is C19H24N2O4. The summed E-state index contributed by atoms with van der Waals surface area (Å²) >= 11 is 0. The van der Waals surface area contributed by atoms with Crippen LogP contribution in [0, 0.1) is 6.92 Å². The van der Waals surface area contributed by atoms with Gasteiger partial charge in [-0.15, -0.1) is 0 Å². The van der Waals surface area contributed by atoms with Crippen LogP contribution in [0.25, 0.3) is 11.3 Å². The number of benzene rings is 1. The van der Waals surface area contributed by atoms with E-state index in [4.69, 9.17) is 9.63 Å². The van der Waals surface area contributed by atoms with E-state index in [9.17, 15) is 9.59 Å². The van der Waals surface area contributed by atoms with E-state index in [-0.39, 0.29) is 12.3 Å². The molecule has 134 valence electrons. The molecule has 2 aromatic rings. The Morgan fingerprint density at radius 3 is 2.48 bits per heavy atom. The van der Waals surface area contributed by atoms with Crippen molar-refractivity contribution in [1.82, 2.24) is 10.5 Å². The van der Waals surface area contributed by atoms with E-state index in [1.807, 2.05) is 30.3 Å². The van der Waals surface area contributed by atoms with E-state index in [2.05, 4.69) is 10.5 Å². The lowest BCUT2D eigenvalue weighted by atomic mass is 10.1. The predicted octanol–water partition coefficient (Wildman–Crippen LogP) is 3.81. The summed E-state index contributed by atoms with van der Waals surface area (Å²) in [5, 5.41) is 15.5. The summed E-state index contributed by atoms with van der Waals surface area (Å²) in [5.41, 5.74) is 1.89. The molecule has 2 rings (SSSR count). The Morgan fingerprint density at radius 1 is 1.08 bits per heavy atom. The molecule has 1 aromatic heterocycles. The van der Waals surface area contributed by atoms with Gasteiger partial charge in [0.2, 0.25) is 0 Å². The SMILES string of the molecule is Cc1onc(-c2ccccc2)c1C(=O)NCCCCCCCC(=O)O. The summed E-state index contributed by atoms with van der Waals surface area (Å²) in [6.45, 7) is 2.31. The van der Waals surface area contributed by atoms with Crippen LogP contribution in [0.5, 0.6) is 0 Å². The van der Waals surface area contributed by atoms with E-state index < -0.39 is 5.97 Å². The van der Waals surface area contributed by atoms with Gasteiger partial charge in [-0.25, -0.2) is 0 Å². The Balaban J connectivity index is 1.78. The molecule has 0 spiro atoms. The van der Waals surface area contributed by atoms with Crippen molar-refractivity contribution in [2.24, 2.45) is 0 Å². The van der Waals surface area contributed by atoms with E-state index in [1.54, 1.807) is 6.92 Å². The fourth-order valence-corrected chi connectivity index (χ4v) is 2.65. The molecule has 0 aliphatic rings. The Hall–Kier alpha value is -2.63. The third-order valence-corrected chi connectivity index (χ3v) is 3.99. The third-order valence-electron chi connectivity index (χ3n) is 3.99. The Morgan fingerprint density at radius 2 is 1.76 bits per heavy atom. The lowest BCUT2D eigenvalue weighted by molar-refractivity contribution is -0.137. The van der Waals surface area contributed by atoms with Crippen LogP contribution in [-0.2, 0) is 4.79 Å². The van der Waals surface area contributed by atoms with Crippen LogP contribution in [0.4, 0.5) is 0 Å². The van der Waals surface area contributed by atoms with Crippen LogP contribution < -0.4 is 5.32 Å². The highest BCUT2D eigenvalue weighted by atomic mass is 16.5. The quantitative estimate of drug-likeness (QED) is 0.639. The minimum atomic E-state index is -0.745. The summed E-state index contributed by atoms with van der Waals surface area (Å²) in [6, 6.07) is 9.49. The first-order chi connectivity index (χ1) is 12.1. The topological polar surface area (TPSA) is 92.4 Å². The number of aliphatic carboxylic acids is 1. The molecule has 0 radical (unpaired) electrons. The number of hydrogen-bond acceptors (Lipinski definition) is 4. The summed E-state index contributed by atoms with van der Waals surface area (Å²) < 4.78 is 5.20. The van der Waals surface area contributed by atoms with Crippen molar-refractivity contribution in [2.75, 3.05) is 6.54 Å². The number of carbonyl (C=O) groups excluding carboxylic acids is 1. The Labute approximate surface area is 147 Å². The normalized spacial score (nSPS) is 10.6. The molecule has 0 aliphatic heterocycles. The van der Waals surface area contributed by atoms with Crippen molar-refractivity contribution in [2.45, 2.75) is 45.4 Å². The van der Waals surface area contributed by atoms with Gasteiger partial charge in [0.15, 0.2) is 0 Å². The number of carboxylic acid groups (broad SMARTS) is 1. The van der Waals surface area contributed by atoms with Crippen molar-refractivity contribution in [3.8, 4) is 11.3 Å². The zero-order chi connectivity index (χ0) is 18.1. The Bertz CT molecular complexity index is 695. The molecule has 6 heteroatoms. The highest BCUT2D eigenvalue weighted by molar-refractivity contribution is 6.00. The number of carbonyl (C=O) groups is 2. The number of unbranched alkanes of at least 4 members (excludes halogenated alkanes) is 4. The number of nitrogens with zero attached hydrogens (tertiary/aromatic N) is 1. The molecule has 25 heavy (non-hydrogen) atoms. The summed E-state index contributed by atoms with van der Waals surface area (Å²) in [7, 11) is 0. The fraction of sp³-hybridized carbons (Fsp3) is 0.421. The fourth-order valence-electron chi connectivity index (χ4n) is 2.65. The zero-order valence-corrected chi connectivity index (χ0v) is 14.5. The highest BCUT2D eigenvalue weighted by Crippen LogP contribution is 2.24. The predicted molar refractivity (Wildman–Crippen MR) is 94.3 cm³/mol. The maximum absolute atomic E-state index is 12.5. The van der Waals surface area contributed by atoms with Crippen LogP contribution in [-0.4, -0.2) is 28.7 Å². The number of rotatable bonds is 10. The van der Waals surface area contributed by atoms with E-state index in [0.29, 0.717) is 30.0 Å². The molecule has 1 aromatic carbocycles. The van der Waals surface area contributed by atoms with Crippen LogP contribution in [0.1, 0.15) is 54.6 Å². The molecule has 0 fully saturated rings. The highest BCUT2D eigenvalue weighted by Gasteiger charge is 2.20. The molecule has 0 saturated heterocycles. The maximum atomic E-state index is 12.5. The standard InChI is InChI=1S/C19H24N2O4/c1-14-17(18(21-25-14)15-10-6-5-7-11-15)19(24)20-13-9-4-2-3-8-12-16(22)23/h5-7,10-11H,2-4,8-9,12-13H2,1H3,(H,20,24)(H,22,23). The molecular weight excluding hydrogens is 320 g/mol. The average Bonchev–Trinajstić information content (AvgIpc) is 2.99. The molecule has 0 bridgehead atoms. The molecule has 0 atom stereocenters. The third kappa shape index (κ3) is 5.74. The Kier molecular flexibility index (Phi) is 7.19. The number of amides is 1. The number of nitrogens with one attached hydrogen (secondary N) is 1. The van der Waals surface area contributed by atoms with Crippen LogP contribution in [0.3, 0.4) is 0 Å². The zero-order valence-electron chi connectivity index (χ0n) is 14.5. The van der Waals surface area contributed by atoms with Crippen molar-refractivity contribution >= 4 is 11.9 Å². The van der Waals surface area contributed by atoms with Crippen molar-refractivity contribution < 1.29 is 19.2 Å². The van der Waals surface area contributed by atoms with Crippen molar-refractivity contribution in [3.05, 3.63) is 41.7 Å². The number of aryl methyl sites for hydroxylation is 1. The van der Waals surface area contributed by atoms with E-state index >= 15 is 0 Å². The summed E-state index contributed by atoms with van der Waals surface area (Å²) in [5.74, 6) is -0.418. The van der Waals surface area contributed by atoms with Crippen LogP contribution in [0.2, 0.25) is 0 Å². The molecule has 0 unspecified atom stereocenters. The smallest absolute Gasteiger partial charge is 0.303 e. The van der Waals surface area contributed by atoms with Gasteiger partial charge < -0.3 is 14.9 Å². The molecule has 1 amide bonds. The van der Waals surface area contributed by atoms with Crippen molar-refractivity contribution in [3.63, 3.8) is 0 Å². The summed E-state index contributed by atoms with van der Waals surface area (Å²) in [4.78, 5) is 22.9. The van der Waals surface area contributed by atoms with Gasteiger partial charge in [-0.1, -0.05) is 54.8 Å². The molecule has 0 saturated carbocycles. The van der Waals surface area contributed by atoms with Crippen LogP contribution in [0.15, 0.2) is 34.9 Å². The number of aromatic nitrogens is 1. The lowest BCUT2D eigenvalue weighted by Gasteiger charge is -2.06. The second-order valence-corrected chi connectivity index (χ2v) is 6.00. The van der Waals surface area contributed by atoms with E-state index in [1.165, 1.54) is 0 Å². The van der Waals surface area contributed by atoms with Gasteiger partial charge in [-0.05, 0) is 19.8 Å². The average molecular weight is 344 g/mol. The monoisotopic (exact) mass is 344 g/mol. The minimum absolute atomic E-state index is 0.177. The number of carboxylic acids is 1. The number of hydrogen-bond donors (Lipinski definition) is 2. The first kappa shape index (κ1) is 18.7.